The highest BCUT2D eigenvalue weighted by Crippen LogP contribution is 2.30. The molecule has 1 N–H and O–H groups in total. The van der Waals surface area contributed by atoms with E-state index in [4.69, 9.17) is 9.90 Å². The molecule has 6 nitrogen and oxygen atoms in total. The maximum absolute atomic E-state index is 13.5. The van der Waals surface area contributed by atoms with Crippen LogP contribution in [0.1, 0.15) is 28.7 Å². The number of aryl methyl sites for hydroxylation is 2. The second-order valence-electron chi connectivity index (χ2n) is 7.81. The number of hydrogen-bond donors (Lipinski definition) is 1. The van der Waals surface area contributed by atoms with E-state index in [0.717, 1.165) is 55.4 Å². The number of nitrogens with zero attached hydrogens (tertiary/aromatic N) is 4. The molecule has 2 heterocycles. The first-order valence-electron chi connectivity index (χ1n) is 10.4. The van der Waals surface area contributed by atoms with E-state index < -0.39 is 0 Å². The molecule has 1 saturated heterocycles. The normalized spacial score (nSPS) is 14.8. The van der Waals surface area contributed by atoms with Crippen molar-refractivity contribution in [1.29, 1.82) is 0 Å². The molecule has 0 spiro atoms. The van der Waals surface area contributed by atoms with Crippen molar-refractivity contribution in [3.05, 3.63) is 89.0 Å². The first-order valence-corrected chi connectivity index (χ1v) is 10.4. The second kappa shape index (κ2) is 11.0. The molecule has 0 unspecified atom stereocenters. The van der Waals surface area contributed by atoms with Crippen LogP contribution in [-0.2, 0) is 18.4 Å². The van der Waals surface area contributed by atoms with Crippen molar-refractivity contribution in [3.63, 3.8) is 0 Å². The van der Waals surface area contributed by atoms with Crippen molar-refractivity contribution in [3.8, 4) is 0 Å². The zero-order valence-electron chi connectivity index (χ0n) is 18.3. The number of rotatable bonds is 5. The summed E-state index contributed by atoms with van der Waals surface area (Å²) in [6, 6.07) is 13.3. The van der Waals surface area contributed by atoms with Crippen molar-refractivity contribution in [2.45, 2.75) is 19.5 Å². The molecule has 8 heteroatoms. The lowest BCUT2D eigenvalue weighted by Gasteiger charge is -2.39. The average molecular weight is 443 g/mol. The van der Waals surface area contributed by atoms with Crippen LogP contribution < -0.4 is 0 Å². The minimum Gasteiger partial charge on any atom is -0.483 e. The molecule has 1 aliphatic rings. The highest BCUT2D eigenvalue weighted by atomic mass is 19.1. The van der Waals surface area contributed by atoms with E-state index in [1.54, 1.807) is 0 Å². The number of benzene rings is 2. The number of hydrogen-bond acceptors (Lipinski definition) is 4. The van der Waals surface area contributed by atoms with Gasteiger partial charge in [0.05, 0.1) is 11.7 Å². The Labute approximate surface area is 186 Å². The van der Waals surface area contributed by atoms with Gasteiger partial charge in [-0.25, -0.2) is 13.8 Å². The third-order valence-corrected chi connectivity index (χ3v) is 5.69. The number of carbonyl (C=O) groups is 1. The molecule has 1 aliphatic heterocycles. The Bertz CT molecular complexity index is 933. The van der Waals surface area contributed by atoms with E-state index in [9.17, 15) is 8.78 Å². The van der Waals surface area contributed by atoms with Crippen LogP contribution in [0.4, 0.5) is 8.78 Å². The highest BCUT2D eigenvalue weighted by Gasteiger charge is 2.27. The lowest BCUT2D eigenvalue weighted by molar-refractivity contribution is -0.122. The number of imidazole rings is 1. The second-order valence-corrected chi connectivity index (χ2v) is 7.81. The Morgan fingerprint density at radius 3 is 1.84 bits per heavy atom. The van der Waals surface area contributed by atoms with Crippen LogP contribution in [0, 0.1) is 18.6 Å². The SMILES string of the molecule is Cc1nc(CN2CCN(C(c3ccc(F)cc3)c3ccc(F)cc3)CC2)cn1C.O=CO. The van der Waals surface area contributed by atoms with Crippen LogP contribution in [0.3, 0.4) is 0 Å². The summed E-state index contributed by atoms with van der Waals surface area (Å²) in [5.74, 6) is 0.524. The smallest absolute Gasteiger partial charge is 0.290 e. The van der Waals surface area contributed by atoms with E-state index in [1.807, 2.05) is 42.8 Å². The van der Waals surface area contributed by atoms with E-state index in [-0.39, 0.29) is 24.1 Å². The van der Waals surface area contributed by atoms with Gasteiger partial charge in [0, 0.05) is 46.0 Å². The summed E-state index contributed by atoms with van der Waals surface area (Å²) in [5.41, 5.74) is 3.13. The Morgan fingerprint density at radius 1 is 0.969 bits per heavy atom. The number of halogens is 2. The molecule has 170 valence electrons. The summed E-state index contributed by atoms with van der Waals surface area (Å²) >= 11 is 0. The van der Waals surface area contributed by atoms with Gasteiger partial charge >= 0.3 is 0 Å². The average Bonchev–Trinajstić information content (AvgIpc) is 3.09. The molecule has 0 bridgehead atoms. The minimum atomic E-state index is -0.250. The van der Waals surface area contributed by atoms with Gasteiger partial charge in [0.25, 0.3) is 6.47 Å². The molecule has 0 atom stereocenters. The Kier molecular flexibility index (Phi) is 8.08. The molecular formula is C24H28F2N4O2. The Balaban J connectivity index is 0.000000913. The molecule has 0 amide bonds. The van der Waals surface area contributed by atoms with Gasteiger partial charge in [0.1, 0.15) is 17.5 Å². The molecule has 1 fully saturated rings. The lowest BCUT2D eigenvalue weighted by atomic mass is 9.96. The molecule has 1 aromatic heterocycles. The molecule has 2 aromatic carbocycles. The summed E-state index contributed by atoms with van der Waals surface area (Å²) in [5, 5.41) is 6.89. The van der Waals surface area contributed by atoms with Crippen molar-refractivity contribution in [1.82, 2.24) is 19.4 Å². The van der Waals surface area contributed by atoms with E-state index >= 15 is 0 Å². The molecule has 3 aromatic rings. The summed E-state index contributed by atoms with van der Waals surface area (Å²) in [4.78, 5) is 17.8. The van der Waals surface area contributed by atoms with Crippen LogP contribution >= 0.6 is 0 Å². The minimum absolute atomic E-state index is 0.0181. The molecular weight excluding hydrogens is 414 g/mol. The molecule has 0 saturated carbocycles. The first-order chi connectivity index (χ1) is 15.4. The van der Waals surface area contributed by atoms with Crippen LogP contribution in [-0.4, -0.2) is 57.1 Å². The summed E-state index contributed by atoms with van der Waals surface area (Å²) in [6.07, 6.45) is 2.08. The third-order valence-electron chi connectivity index (χ3n) is 5.69. The maximum atomic E-state index is 13.5. The maximum Gasteiger partial charge on any atom is 0.290 e. The van der Waals surface area contributed by atoms with Crippen LogP contribution in [0.25, 0.3) is 0 Å². The van der Waals surface area contributed by atoms with Crippen molar-refractivity contribution in [2.75, 3.05) is 26.2 Å². The van der Waals surface area contributed by atoms with Crippen molar-refractivity contribution in [2.24, 2.45) is 7.05 Å². The van der Waals surface area contributed by atoms with Gasteiger partial charge in [-0.2, -0.15) is 0 Å². The summed E-state index contributed by atoms with van der Waals surface area (Å²) in [7, 11) is 2.01. The topological polar surface area (TPSA) is 61.6 Å². The van der Waals surface area contributed by atoms with E-state index in [1.165, 1.54) is 24.3 Å². The van der Waals surface area contributed by atoms with Crippen molar-refractivity contribution >= 4 is 6.47 Å². The fraction of sp³-hybridized carbons (Fsp3) is 0.333. The zero-order chi connectivity index (χ0) is 23.1. The quantitative estimate of drug-likeness (QED) is 0.612. The Hall–Kier alpha value is -3.10. The van der Waals surface area contributed by atoms with Gasteiger partial charge in [-0.15, -0.1) is 0 Å². The Morgan fingerprint density at radius 2 is 1.44 bits per heavy atom. The zero-order valence-corrected chi connectivity index (χ0v) is 18.3. The number of piperazine rings is 1. The molecule has 32 heavy (non-hydrogen) atoms. The third kappa shape index (κ3) is 5.99. The van der Waals surface area contributed by atoms with Gasteiger partial charge < -0.3 is 9.67 Å². The summed E-state index contributed by atoms with van der Waals surface area (Å²) in [6.45, 7) is 6.21. The van der Waals surface area contributed by atoms with Crippen molar-refractivity contribution < 1.29 is 18.7 Å². The fourth-order valence-corrected chi connectivity index (χ4v) is 4.02. The van der Waals surface area contributed by atoms with Gasteiger partial charge in [0.15, 0.2) is 0 Å². The van der Waals surface area contributed by atoms with E-state index in [0.29, 0.717) is 0 Å². The summed E-state index contributed by atoms with van der Waals surface area (Å²) < 4.78 is 29.0. The number of carboxylic acid groups (broad SMARTS) is 1. The molecule has 0 radical (unpaired) electrons. The van der Waals surface area contributed by atoms with E-state index in [2.05, 4.69) is 21.0 Å². The fourth-order valence-electron chi connectivity index (χ4n) is 4.02. The van der Waals surface area contributed by atoms with Crippen LogP contribution in [0.2, 0.25) is 0 Å². The predicted octanol–water partition coefficient (Wildman–Crippen LogP) is 3.61. The highest BCUT2D eigenvalue weighted by molar-refractivity contribution is 5.33. The standard InChI is InChI=1S/C23H26F2N4.CH2O2/c1-17-26-22(15-27(17)2)16-28-11-13-29(14-12-28)23(18-3-7-20(24)8-4-18)19-5-9-21(25)10-6-19;2-1-3/h3-10,15,23H,11-14,16H2,1-2H3;1H,(H,2,3). The molecule has 0 aliphatic carbocycles. The molecule has 4 rings (SSSR count). The first kappa shape index (κ1) is 23.6. The predicted molar refractivity (Wildman–Crippen MR) is 118 cm³/mol. The monoisotopic (exact) mass is 442 g/mol. The van der Waals surface area contributed by atoms with Gasteiger partial charge in [0.2, 0.25) is 0 Å². The van der Waals surface area contributed by atoms with Crippen LogP contribution in [0.15, 0.2) is 54.7 Å². The number of aromatic nitrogens is 2. The largest absolute Gasteiger partial charge is 0.483 e. The van der Waals surface area contributed by atoms with Gasteiger partial charge in [-0.05, 0) is 42.3 Å². The lowest BCUT2D eigenvalue weighted by Crippen LogP contribution is -2.47. The van der Waals surface area contributed by atoms with Gasteiger partial charge in [-0.1, -0.05) is 24.3 Å². The van der Waals surface area contributed by atoms with Crippen LogP contribution in [0.5, 0.6) is 0 Å². The van der Waals surface area contributed by atoms with Gasteiger partial charge in [-0.3, -0.25) is 14.6 Å².